The van der Waals surface area contributed by atoms with Crippen LogP contribution < -0.4 is 5.32 Å². The average molecular weight is 358 g/mol. The van der Waals surface area contributed by atoms with Crippen molar-refractivity contribution < 1.29 is 8.42 Å². The Kier molecular flexibility index (Phi) is 7.49. The molecule has 0 amide bonds. The molecule has 0 aliphatic carbocycles. The monoisotopic (exact) mass is 357 g/mol. The van der Waals surface area contributed by atoms with Crippen LogP contribution >= 0.6 is 12.4 Å². The van der Waals surface area contributed by atoms with E-state index in [1.165, 1.54) is 6.07 Å². The number of nitrogens with zero attached hydrogens (tertiary/aromatic N) is 2. The van der Waals surface area contributed by atoms with Gasteiger partial charge in [0.25, 0.3) is 0 Å². The minimum atomic E-state index is -3.50. The first-order valence-electron chi connectivity index (χ1n) is 7.64. The van der Waals surface area contributed by atoms with Gasteiger partial charge in [-0.15, -0.1) is 12.4 Å². The first-order valence-corrected chi connectivity index (χ1v) is 9.08. The Balaban J connectivity index is 0.00000264. The number of aryl methyl sites for hydroxylation is 1. The lowest BCUT2D eigenvalue weighted by molar-refractivity contribution is 0.263. The highest BCUT2D eigenvalue weighted by molar-refractivity contribution is 7.89. The second-order valence-corrected chi connectivity index (χ2v) is 7.74. The Morgan fingerprint density at radius 1 is 1.35 bits per heavy atom. The van der Waals surface area contributed by atoms with Crippen LogP contribution in [0.15, 0.2) is 23.1 Å². The third-order valence-electron chi connectivity index (χ3n) is 4.31. The van der Waals surface area contributed by atoms with Gasteiger partial charge in [-0.25, -0.2) is 8.42 Å². The second-order valence-electron chi connectivity index (χ2n) is 5.83. The van der Waals surface area contributed by atoms with Gasteiger partial charge in [0.15, 0.2) is 0 Å². The number of rotatable bonds is 5. The Bertz CT molecular complexity index is 662. The maximum atomic E-state index is 12.8. The van der Waals surface area contributed by atoms with Crippen molar-refractivity contribution in [3.63, 3.8) is 0 Å². The molecule has 1 saturated heterocycles. The quantitative estimate of drug-likeness (QED) is 0.877. The van der Waals surface area contributed by atoms with Crippen molar-refractivity contribution in [1.29, 1.82) is 5.26 Å². The SMILES string of the molecule is CNCCC1CCN(S(=O)(=O)c2cc(C#N)ccc2C)CC1.Cl. The minimum Gasteiger partial charge on any atom is -0.320 e. The topological polar surface area (TPSA) is 73.2 Å². The second kappa shape index (κ2) is 8.65. The van der Waals surface area contributed by atoms with Gasteiger partial charge in [0.05, 0.1) is 16.5 Å². The number of piperidine rings is 1. The molecule has 1 heterocycles. The van der Waals surface area contributed by atoms with Crippen molar-refractivity contribution >= 4 is 22.4 Å². The van der Waals surface area contributed by atoms with E-state index in [2.05, 4.69) is 5.32 Å². The molecular weight excluding hydrogens is 334 g/mol. The normalized spacial score (nSPS) is 16.6. The van der Waals surface area contributed by atoms with Gasteiger partial charge in [-0.1, -0.05) is 6.07 Å². The van der Waals surface area contributed by atoms with Crippen molar-refractivity contribution in [3.05, 3.63) is 29.3 Å². The number of hydrogen-bond donors (Lipinski definition) is 1. The van der Waals surface area contributed by atoms with Crippen molar-refractivity contribution in [2.45, 2.75) is 31.1 Å². The first-order chi connectivity index (χ1) is 10.5. The molecule has 1 aliphatic rings. The van der Waals surface area contributed by atoms with Crippen molar-refractivity contribution in [2.24, 2.45) is 5.92 Å². The lowest BCUT2D eigenvalue weighted by atomic mass is 9.95. The lowest BCUT2D eigenvalue weighted by Crippen LogP contribution is -2.39. The molecule has 0 spiro atoms. The van der Waals surface area contributed by atoms with Gasteiger partial charge in [-0.05, 0) is 63.4 Å². The van der Waals surface area contributed by atoms with Gasteiger partial charge in [-0.2, -0.15) is 9.57 Å². The number of benzene rings is 1. The third-order valence-corrected chi connectivity index (χ3v) is 6.35. The molecule has 0 radical (unpaired) electrons. The van der Waals surface area contributed by atoms with E-state index in [4.69, 9.17) is 5.26 Å². The molecule has 128 valence electrons. The zero-order valence-electron chi connectivity index (χ0n) is 13.6. The van der Waals surface area contributed by atoms with E-state index in [1.807, 2.05) is 13.1 Å². The van der Waals surface area contributed by atoms with Gasteiger partial charge in [0, 0.05) is 13.1 Å². The fourth-order valence-corrected chi connectivity index (χ4v) is 4.59. The summed E-state index contributed by atoms with van der Waals surface area (Å²) in [6.45, 7) is 3.87. The van der Waals surface area contributed by atoms with E-state index in [0.717, 1.165) is 25.8 Å². The number of nitrogens with one attached hydrogen (secondary N) is 1. The van der Waals surface area contributed by atoms with Crippen molar-refractivity contribution in [1.82, 2.24) is 9.62 Å². The van der Waals surface area contributed by atoms with Crippen LogP contribution in [0.1, 0.15) is 30.4 Å². The molecule has 1 aromatic carbocycles. The summed E-state index contributed by atoms with van der Waals surface area (Å²) in [6, 6.07) is 6.84. The van der Waals surface area contributed by atoms with E-state index >= 15 is 0 Å². The number of sulfonamides is 1. The Morgan fingerprint density at radius 3 is 2.57 bits per heavy atom. The fourth-order valence-electron chi connectivity index (χ4n) is 2.87. The average Bonchev–Trinajstić information content (AvgIpc) is 2.53. The molecule has 0 aromatic heterocycles. The predicted octanol–water partition coefficient (Wildman–Crippen LogP) is 2.30. The highest BCUT2D eigenvalue weighted by atomic mass is 35.5. The fraction of sp³-hybridized carbons (Fsp3) is 0.562. The van der Waals surface area contributed by atoms with E-state index in [9.17, 15) is 8.42 Å². The zero-order chi connectivity index (χ0) is 16.2. The highest BCUT2D eigenvalue weighted by Crippen LogP contribution is 2.27. The lowest BCUT2D eigenvalue weighted by Gasteiger charge is -2.31. The van der Waals surface area contributed by atoms with Crippen LogP contribution in [-0.2, 0) is 10.0 Å². The van der Waals surface area contributed by atoms with E-state index < -0.39 is 10.0 Å². The van der Waals surface area contributed by atoms with Crippen LogP contribution in [0.2, 0.25) is 0 Å². The standard InChI is InChI=1S/C16H23N3O2S.ClH/c1-13-3-4-15(12-17)11-16(13)22(20,21)19-9-6-14(7-10-19)5-8-18-2;/h3-4,11,14,18H,5-10H2,1-2H3;1H. The molecule has 23 heavy (non-hydrogen) atoms. The molecular formula is C16H24ClN3O2S. The summed E-state index contributed by atoms with van der Waals surface area (Å²) in [7, 11) is -1.57. The van der Waals surface area contributed by atoms with E-state index in [0.29, 0.717) is 30.1 Å². The van der Waals surface area contributed by atoms with Crippen LogP contribution in [0.25, 0.3) is 0 Å². The van der Waals surface area contributed by atoms with Gasteiger partial charge in [0.1, 0.15) is 0 Å². The first kappa shape index (κ1) is 19.9. The minimum absolute atomic E-state index is 0. The molecule has 1 aliphatic heterocycles. The maximum Gasteiger partial charge on any atom is 0.243 e. The summed E-state index contributed by atoms with van der Waals surface area (Å²) in [4.78, 5) is 0.264. The Hall–Kier alpha value is -1.13. The maximum absolute atomic E-state index is 12.8. The van der Waals surface area contributed by atoms with Crippen LogP contribution in [-0.4, -0.2) is 39.4 Å². The van der Waals surface area contributed by atoms with E-state index in [-0.39, 0.29) is 17.3 Å². The van der Waals surface area contributed by atoms with Crippen molar-refractivity contribution in [3.8, 4) is 6.07 Å². The largest absolute Gasteiger partial charge is 0.320 e. The molecule has 1 fully saturated rings. The van der Waals surface area contributed by atoms with Crippen LogP contribution in [0.4, 0.5) is 0 Å². The summed E-state index contributed by atoms with van der Waals surface area (Å²) >= 11 is 0. The van der Waals surface area contributed by atoms with Gasteiger partial charge in [-0.3, -0.25) is 0 Å². The number of hydrogen-bond acceptors (Lipinski definition) is 4. The zero-order valence-corrected chi connectivity index (χ0v) is 15.2. The smallest absolute Gasteiger partial charge is 0.243 e. The molecule has 0 atom stereocenters. The van der Waals surface area contributed by atoms with E-state index in [1.54, 1.807) is 23.4 Å². The summed E-state index contributed by atoms with van der Waals surface area (Å²) in [6.07, 6.45) is 2.89. The van der Waals surface area contributed by atoms with Gasteiger partial charge in [0.2, 0.25) is 10.0 Å². The Labute approximate surface area is 145 Å². The summed E-state index contributed by atoms with van der Waals surface area (Å²) in [5.41, 5.74) is 1.07. The van der Waals surface area contributed by atoms with Gasteiger partial charge >= 0.3 is 0 Å². The summed E-state index contributed by atoms with van der Waals surface area (Å²) < 4.78 is 27.2. The molecule has 1 aromatic rings. The van der Waals surface area contributed by atoms with Crippen LogP contribution in [0.3, 0.4) is 0 Å². The predicted molar refractivity (Wildman–Crippen MR) is 93.2 cm³/mol. The molecule has 0 unspecified atom stereocenters. The summed E-state index contributed by atoms with van der Waals surface area (Å²) in [5, 5.41) is 12.1. The number of nitriles is 1. The van der Waals surface area contributed by atoms with Gasteiger partial charge < -0.3 is 5.32 Å². The molecule has 7 heteroatoms. The molecule has 0 saturated carbocycles. The highest BCUT2D eigenvalue weighted by Gasteiger charge is 2.30. The summed E-state index contributed by atoms with van der Waals surface area (Å²) in [5.74, 6) is 0.588. The van der Waals surface area contributed by atoms with Crippen LogP contribution in [0, 0.1) is 24.2 Å². The molecule has 0 bridgehead atoms. The van der Waals surface area contributed by atoms with Crippen LogP contribution in [0.5, 0.6) is 0 Å². The Morgan fingerprint density at radius 2 is 2.00 bits per heavy atom. The molecule has 1 N–H and O–H groups in total. The molecule has 2 rings (SSSR count). The molecule has 5 nitrogen and oxygen atoms in total. The number of halogens is 1. The third kappa shape index (κ3) is 4.67. The van der Waals surface area contributed by atoms with Crippen molar-refractivity contribution in [2.75, 3.05) is 26.7 Å².